The Kier molecular flexibility index (Phi) is 7.40. The second kappa shape index (κ2) is 7.74. The molecule has 0 radical (unpaired) electrons. The first-order valence-corrected chi connectivity index (χ1v) is 5.33. The number of methoxy groups -OCH3 is 1. The molecule has 0 aliphatic rings. The average Bonchev–Trinajstić information content (AvgIpc) is 2.15. The fourth-order valence-corrected chi connectivity index (χ4v) is 1.42. The summed E-state index contributed by atoms with van der Waals surface area (Å²) in [6.07, 6.45) is 7.10. The van der Waals surface area contributed by atoms with E-state index in [0.717, 1.165) is 6.42 Å². The van der Waals surface area contributed by atoms with Gasteiger partial charge >= 0.3 is 0 Å². The topological polar surface area (TPSA) is 26.3 Å². The van der Waals surface area contributed by atoms with E-state index >= 15 is 0 Å². The molecule has 0 amide bonds. The lowest BCUT2D eigenvalue weighted by molar-refractivity contribution is -0.112. The average molecular weight is 198 g/mol. The zero-order valence-electron chi connectivity index (χ0n) is 9.75. The maximum Gasteiger partial charge on any atom is 0.152 e. The summed E-state index contributed by atoms with van der Waals surface area (Å²) in [5, 5.41) is 0. The largest absolute Gasteiger partial charge is 0.377 e. The molecular formula is C12H22O2. The Hall–Kier alpha value is -0.630. The highest BCUT2D eigenvalue weighted by molar-refractivity contribution is 5.87. The third kappa shape index (κ3) is 5.92. The van der Waals surface area contributed by atoms with Gasteiger partial charge in [-0.1, -0.05) is 32.8 Å². The maximum atomic E-state index is 10.8. The molecule has 0 N–H and O–H groups in total. The fourth-order valence-electron chi connectivity index (χ4n) is 1.42. The zero-order valence-corrected chi connectivity index (χ0v) is 9.75. The first-order chi connectivity index (χ1) is 6.61. The van der Waals surface area contributed by atoms with Crippen molar-refractivity contribution >= 4 is 5.78 Å². The van der Waals surface area contributed by atoms with Gasteiger partial charge in [0.2, 0.25) is 0 Å². The van der Waals surface area contributed by atoms with Crippen LogP contribution in [0.2, 0.25) is 0 Å². The number of rotatable bonds is 7. The van der Waals surface area contributed by atoms with E-state index in [2.05, 4.69) is 13.8 Å². The van der Waals surface area contributed by atoms with Crippen LogP contribution in [-0.2, 0) is 9.53 Å². The van der Waals surface area contributed by atoms with Gasteiger partial charge in [0, 0.05) is 7.11 Å². The van der Waals surface area contributed by atoms with Crippen LogP contribution in [0, 0.1) is 5.92 Å². The van der Waals surface area contributed by atoms with Crippen molar-refractivity contribution in [1.29, 1.82) is 0 Å². The Morgan fingerprint density at radius 2 is 2.14 bits per heavy atom. The molecule has 2 nitrogen and oxygen atoms in total. The van der Waals surface area contributed by atoms with E-state index in [0.29, 0.717) is 5.92 Å². The Morgan fingerprint density at radius 1 is 1.50 bits per heavy atom. The molecule has 0 saturated carbocycles. The van der Waals surface area contributed by atoms with Gasteiger partial charge in [-0.3, -0.25) is 4.79 Å². The molecule has 0 rings (SSSR count). The van der Waals surface area contributed by atoms with E-state index < -0.39 is 0 Å². The predicted molar refractivity (Wildman–Crippen MR) is 59.3 cm³/mol. The third-order valence-corrected chi connectivity index (χ3v) is 2.37. The quantitative estimate of drug-likeness (QED) is 0.588. The number of hydrogen-bond acceptors (Lipinski definition) is 2. The molecule has 0 heterocycles. The first kappa shape index (κ1) is 13.4. The molecule has 0 aromatic rings. The summed E-state index contributed by atoms with van der Waals surface area (Å²) < 4.78 is 5.32. The van der Waals surface area contributed by atoms with Crippen molar-refractivity contribution in [1.82, 2.24) is 0 Å². The van der Waals surface area contributed by atoms with Crippen molar-refractivity contribution in [3.8, 4) is 0 Å². The monoisotopic (exact) mass is 198 g/mol. The first-order valence-electron chi connectivity index (χ1n) is 5.33. The maximum absolute atomic E-state index is 10.8. The van der Waals surface area contributed by atoms with E-state index in [1.165, 1.54) is 12.8 Å². The lowest BCUT2D eigenvalue weighted by atomic mass is 9.97. The lowest BCUT2D eigenvalue weighted by Crippen LogP contribution is -2.18. The zero-order chi connectivity index (χ0) is 11.0. The molecule has 0 fully saturated rings. The Labute approximate surface area is 87.3 Å². The molecule has 2 atom stereocenters. The molecule has 0 aliphatic heterocycles. The molecule has 0 saturated heterocycles. The summed E-state index contributed by atoms with van der Waals surface area (Å²) in [5.41, 5.74) is 0. The van der Waals surface area contributed by atoms with Gasteiger partial charge in [0.15, 0.2) is 5.78 Å². The number of ether oxygens (including phenoxy) is 1. The summed E-state index contributed by atoms with van der Waals surface area (Å²) in [6.45, 7) is 5.90. The number of carbonyl (C=O) groups excluding carboxylic acids is 1. The molecule has 82 valence electrons. The van der Waals surface area contributed by atoms with E-state index in [-0.39, 0.29) is 11.9 Å². The predicted octanol–water partition coefficient (Wildman–Crippen LogP) is 2.97. The Balaban J connectivity index is 4.04. The van der Waals surface area contributed by atoms with Crippen LogP contribution < -0.4 is 0 Å². The molecule has 0 aromatic heterocycles. The Morgan fingerprint density at radius 3 is 2.57 bits per heavy atom. The van der Waals surface area contributed by atoms with Crippen molar-refractivity contribution in [3.05, 3.63) is 12.2 Å². The molecule has 2 unspecified atom stereocenters. The molecular weight excluding hydrogens is 176 g/mol. The lowest BCUT2D eigenvalue weighted by Gasteiger charge is -2.18. The van der Waals surface area contributed by atoms with Crippen LogP contribution >= 0.6 is 0 Å². The number of allylic oxidation sites excluding steroid dienone is 1. The van der Waals surface area contributed by atoms with Gasteiger partial charge in [-0.2, -0.15) is 0 Å². The standard InChI is InChI=1S/C12H22O2/c1-5-6-7-10(2)12(14-4)9-8-11(3)13/h8-10,12H,5-7H2,1-4H3. The minimum atomic E-state index is 0.0745. The fraction of sp³-hybridized carbons (Fsp3) is 0.750. The molecule has 14 heavy (non-hydrogen) atoms. The van der Waals surface area contributed by atoms with Crippen LogP contribution in [0.1, 0.15) is 40.0 Å². The van der Waals surface area contributed by atoms with Crippen LogP contribution in [0.3, 0.4) is 0 Å². The number of hydrogen-bond donors (Lipinski definition) is 0. The van der Waals surface area contributed by atoms with Crippen LogP contribution in [0.15, 0.2) is 12.2 Å². The molecule has 0 spiro atoms. The summed E-state index contributed by atoms with van der Waals surface area (Å²) in [4.78, 5) is 10.8. The minimum absolute atomic E-state index is 0.0745. The smallest absolute Gasteiger partial charge is 0.152 e. The summed E-state index contributed by atoms with van der Waals surface area (Å²) >= 11 is 0. The molecule has 0 aromatic carbocycles. The molecule has 0 aliphatic carbocycles. The number of unbranched alkanes of at least 4 members (excludes halogenated alkanes) is 1. The van der Waals surface area contributed by atoms with E-state index in [4.69, 9.17) is 4.74 Å². The van der Waals surface area contributed by atoms with Crippen LogP contribution in [0.25, 0.3) is 0 Å². The number of carbonyl (C=O) groups is 1. The molecule has 0 bridgehead atoms. The highest BCUT2D eigenvalue weighted by atomic mass is 16.5. The van der Waals surface area contributed by atoms with Crippen molar-refractivity contribution in [3.63, 3.8) is 0 Å². The van der Waals surface area contributed by atoms with Crippen molar-refractivity contribution < 1.29 is 9.53 Å². The highest BCUT2D eigenvalue weighted by Crippen LogP contribution is 2.15. The van der Waals surface area contributed by atoms with Gasteiger partial charge in [-0.15, -0.1) is 0 Å². The summed E-state index contributed by atoms with van der Waals surface area (Å²) in [7, 11) is 1.69. The summed E-state index contributed by atoms with van der Waals surface area (Å²) in [6, 6.07) is 0. The normalized spacial score (nSPS) is 15.7. The van der Waals surface area contributed by atoms with Crippen molar-refractivity contribution in [2.24, 2.45) is 5.92 Å². The van der Waals surface area contributed by atoms with Crippen LogP contribution in [0.4, 0.5) is 0 Å². The van der Waals surface area contributed by atoms with Crippen LogP contribution in [-0.4, -0.2) is 19.0 Å². The third-order valence-electron chi connectivity index (χ3n) is 2.37. The van der Waals surface area contributed by atoms with E-state index in [1.54, 1.807) is 20.1 Å². The van der Waals surface area contributed by atoms with Gasteiger partial charge in [0.05, 0.1) is 6.10 Å². The highest BCUT2D eigenvalue weighted by Gasteiger charge is 2.12. The van der Waals surface area contributed by atoms with Gasteiger partial charge in [-0.25, -0.2) is 0 Å². The van der Waals surface area contributed by atoms with Gasteiger partial charge < -0.3 is 4.74 Å². The van der Waals surface area contributed by atoms with Gasteiger partial charge in [0.1, 0.15) is 0 Å². The van der Waals surface area contributed by atoms with Crippen LogP contribution in [0.5, 0.6) is 0 Å². The number of ketones is 1. The second-order valence-electron chi connectivity index (χ2n) is 3.79. The summed E-state index contributed by atoms with van der Waals surface area (Å²) in [5.74, 6) is 0.560. The molecule has 2 heteroatoms. The second-order valence-corrected chi connectivity index (χ2v) is 3.79. The SMILES string of the molecule is CCCCC(C)C(C=CC(C)=O)OC. The minimum Gasteiger partial charge on any atom is -0.377 e. The van der Waals surface area contributed by atoms with Gasteiger partial charge in [-0.05, 0) is 25.3 Å². The van der Waals surface area contributed by atoms with E-state index in [9.17, 15) is 4.79 Å². The van der Waals surface area contributed by atoms with Crippen molar-refractivity contribution in [2.45, 2.75) is 46.1 Å². The Bertz CT molecular complexity index is 185. The van der Waals surface area contributed by atoms with E-state index in [1.807, 2.05) is 6.08 Å². The van der Waals surface area contributed by atoms with Gasteiger partial charge in [0.25, 0.3) is 0 Å². The van der Waals surface area contributed by atoms with Crippen molar-refractivity contribution in [2.75, 3.05) is 7.11 Å².